The van der Waals surface area contributed by atoms with E-state index in [2.05, 4.69) is 15.9 Å². The zero-order chi connectivity index (χ0) is 18.7. The lowest BCUT2D eigenvalue weighted by Gasteiger charge is -2.32. The zero-order valence-electron chi connectivity index (χ0n) is 14.9. The number of amides is 1. The molecule has 2 saturated heterocycles. The van der Waals surface area contributed by atoms with E-state index in [0.717, 1.165) is 23.2 Å². The fraction of sp³-hybridized carbons (Fsp3) is 0.706. The van der Waals surface area contributed by atoms with Gasteiger partial charge in [-0.1, -0.05) is 0 Å². The normalized spacial score (nSPS) is 25.0. The van der Waals surface area contributed by atoms with Gasteiger partial charge >= 0.3 is 0 Å². The van der Waals surface area contributed by atoms with Gasteiger partial charge in [0.15, 0.2) is 9.84 Å². The number of nitrogens with zero attached hydrogens (tertiary/aromatic N) is 2. The number of hydrogen-bond donors (Lipinski definition) is 0. The van der Waals surface area contributed by atoms with Crippen LogP contribution in [0, 0.1) is 0 Å². The number of hydrogen-bond acceptors (Lipinski definition) is 6. The van der Waals surface area contributed by atoms with E-state index in [4.69, 9.17) is 4.74 Å². The summed E-state index contributed by atoms with van der Waals surface area (Å²) in [6, 6.07) is 3.83. The number of carbonyl (C=O) groups excluding carboxylic acids is 1. The average Bonchev–Trinajstić information content (AvgIpc) is 3.27. The summed E-state index contributed by atoms with van der Waals surface area (Å²) in [4.78, 5) is 17.9. The van der Waals surface area contributed by atoms with Crippen molar-refractivity contribution in [2.24, 2.45) is 0 Å². The first-order valence-electron chi connectivity index (χ1n) is 8.86. The Morgan fingerprint density at radius 2 is 2.19 bits per heavy atom. The first-order valence-corrected chi connectivity index (χ1v) is 12.3. The highest BCUT2D eigenvalue weighted by atomic mass is 79.9. The Kier molecular flexibility index (Phi) is 6.77. The van der Waals surface area contributed by atoms with Crippen LogP contribution in [-0.4, -0.2) is 74.5 Å². The molecule has 3 rings (SSSR count). The highest BCUT2D eigenvalue weighted by Crippen LogP contribution is 2.24. The molecule has 0 N–H and O–H groups in total. The van der Waals surface area contributed by atoms with Gasteiger partial charge < -0.3 is 9.64 Å². The Labute approximate surface area is 167 Å². The van der Waals surface area contributed by atoms with Gasteiger partial charge in [0, 0.05) is 30.6 Å². The quantitative estimate of drug-likeness (QED) is 0.618. The summed E-state index contributed by atoms with van der Waals surface area (Å²) in [6.07, 6.45) is 2.49. The van der Waals surface area contributed by atoms with Crippen LogP contribution in [-0.2, 0) is 25.9 Å². The summed E-state index contributed by atoms with van der Waals surface area (Å²) in [7, 11) is -1.12. The van der Waals surface area contributed by atoms with Crippen molar-refractivity contribution in [2.45, 2.75) is 38.0 Å². The molecule has 1 aromatic rings. The van der Waals surface area contributed by atoms with Crippen LogP contribution in [0.3, 0.4) is 0 Å². The molecule has 146 valence electrons. The van der Waals surface area contributed by atoms with Crippen molar-refractivity contribution < 1.29 is 17.9 Å². The van der Waals surface area contributed by atoms with Gasteiger partial charge in [-0.25, -0.2) is 8.42 Å². The highest BCUT2D eigenvalue weighted by Gasteiger charge is 2.36. The fourth-order valence-corrected chi connectivity index (χ4v) is 6.86. The van der Waals surface area contributed by atoms with Gasteiger partial charge in [-0.05, 0) is 54.4 Å². The molecule has 1 amide bonds. The Bertz CT molecular complexity index is 731. The average molecular weight is 465 g/mol. The molecular formula is C17H25BrN2O4S2. The van der Waals surface area contributed by atoms with Gasteiger partial charge in [-0.2, -0.15) is 0 Å². The molecule has 0 bridgehead atoms. The second-order valence-corrected chi connectivity index (χ2v) is 11.9. The topological polar surface area (TPSA) is 66.9 Å². The number of halogens is 1. The van der Waals surface area contributed by atoms with E-state index in [0.29, 0.717) is 19.5 Å². The van der Waals surface area contributed by atoms with E-state index in [1.807, 2.05) is 24.1 Å². The standard InChI is InChI=1S/C17H25BrN2O4S2/c1-19(10-15-4-5-16(18)25-15)11-17(21)20(9-14-3-2-7-24-14)13-6-8-26(22,23)12-13/h4-5,13-14H,2-3,6-12H2,1H3. The molecule has 2 aliphatic heterocycles. The summed E-state index contributed by atoms with van der Waals surface area (Å²) >= 11 is 5.11. The minimum absolute atomic E-state index is 0.0132. The minimum atomic E-state index is -3.03. The highest BCUT2D eigenvalue weighted by molar-refractivity contribution is 9.11. The smallest absolute Gasteiger partial charge is 0.237 e. The number of thiophene rings is 1. The van der Waals surface area contributed by atoms with Gasteiger partial charge in [0.1, 0.15) is 0 Å². The number of rotatable bonds is 7. The van der Waals surface area contributed by atoms with E-state index in [1.165, 1.54) is 4.88 Å². The van der Waals surface area contributed by atoms with Crippen molar-refractivity contribution in [1.82, 2.24) is 9.80 Å². The number of carbonyl (C=O) groups is 1. The predicted molar refractivity (Wildman–Crippen MR) is 106 cm³/mol. The van der Waals surface area contributed by atoms with Gasteiger partial charge in [-0.15, -0.1) is 11.3 Å². The molecule has 2 fully saturated rings. The molecule has 0 saturated carbocycles. The van der Waals surface area contributed by atoms with Crippen LogP contribution >= 0.6 is 27.3 Å². The van der Waals surface area contributed by atoms with Crippen LogP contribution < -0.4 is 0 Å². The summed E-state index contributed by atoms with van der Waals surface area (Å²) in [6.45, 7) is 2.19. The van der Waals surface area contributed by atoms with Crippen molar-refractivity contribution in [1.29, 1.82) is 0 Å². The SMILES string of the molecule is CN(CC(=O)N(CC1CCCO1)C1CCS(=O)(=O)C1)Cc1ccc(Br)s1. The van der Waals surface area contributed by atoms with Crippen molar-refractivity contribution in [3.05, 3.63) is 20.8 Å². The molecule has 6 nitrogen and oxygen atoms in total. The van der Waals surface area contributed by atoms with Gasteiger partial charge in [0.2, 0.25) is 5.91 Å². The van der Waals surface area contributed by atoms with E-state index in [1.54, 1.807) is 16.2 Å². The molecule has 1 aromatic heterocycles. The lowest BCUT2D eigenvalue weighted by atomic mass is 10.1. The summed E-state index contributed by atoms with van der Waals surface area (Å²) < 4.78 is 30.5. The monoisotopic (exact) mass is 464 g/mol. The molecule has 0 aliphatic carbocycles. The Hall–Kier alpha value is -0.480. The molecule has 26 heavy (non-hydrogen) atoms. The summed E-state index contributed by atoms with van der Waals surface area (Å²) in [5.41, 5.74) is 0. The summed E-state index contributed by atoms with van der Waals surface area (Å²) in [5, 5.41) is 0. The van der Waals surface area contributed by atoms with Crippen LogP contribution in [0.1, 0.15) is 24.1 Å². The molecule has 0 aromatic carbocycles. The maximum absolute atomic E-state index is 13.0. The molecule has 2 aliphatic rings. The molecule has 9 heteroatoms. The van der Waals surface area contributed by atoms with E-state index in [-0.39, 0.29) is 36.1 Å². The maximum atomic E-state index is 13.0. The predicted octanol–water partition coefficient (Wildman–Crippen LogP) is 2.14. The molecule has 3 heterocycles. The third kappa shape index (κ3) is 5.51. The van der Waals surface area contributed by atoms with Gasteiger partial charge in [0.25, 0.3) is 0 Å². The maximum Gasteiger partial charge on any atom is 0.237 e. The molecular weight excluding hydrogens is 440 g/mol. The molecule has 2 atom stereocenters. The van der Waals surface area contributed by atoms with Crippen LogP contribution in [0.15, 0.2) is 15.9 Å². The van der Waals surface area contributed by atoms with Gasteiger partial charge in [-0.3, -0.25) is 9.69 Å². The Morgan fingerprint density at radius 3 is 2.77 bits per heavy atom. The van der Waals surface area contributed by atoms with Crippen molar-refractivity contribution in [3.63, 3.8) is 0 Å². The Morgan fingerprint density at radius 1 is 1.38 bits per heavy atom. The lowest BCUT2D eigenvalue weighted by Crippen LogP contribution is -2.48. The number of likely N-dealkylation sites (N-methyl/N-ethyl adjacent to an activating group) is 1. The molecule has 0 spiro atoms. The second kappa shape index (κ2) is 8.68. The lowest BCUT2D eigenvalue weighted by molar-refractivity contribution is -0.135. The third-order valence-corrected chi connectivity index (χ3v) is 8.21. The van der Waals surface area contributed by atoms with E-state index >= 15 is 0 Å². The van der Waals surface area contributed by atoms with E-state index in [9.17, 15) is 13.2 Å². The van der Waals surface area contributed by atoms with Crippen LogP contribution in [0.2, 0.25) is 0 Å². The van der Waals surface area contributed by atoms with Crippen LogP contribution in [0.25, 0.3) is 0 Å². The summed E-state index contributed by atoms with van der Waals surface area (Å²) in [5.74, 6) is 0.236. The van der Waals surface area contributed by atoms with E-state index < -0.39 is 9.84 Å². The van der Waals surface area contributed by atoms with Gasteiger partial charge in [0.05, 0.1) is 27.9 Å². The number of sulfone groups is 1. The first-order chi connectivity index (χ1) is 12.3. The fourth-order valence-electron chi connectivity index (χ4n) is 3.56. The minimum Gasteiger partial charge on any atom is -0.376 e. The van der Waals surface area contributed by atoms with Crippen LogP contribution in [0.5, 0.6) is 0 Å². The van der Waals surface area contributed by atoms with Crippen molar-refractivity contribution in [2.75, 3.05) is 38.2 Å². The van der Waals surface area contributed by atoms with Crippen molar-refractivity contribution in [3.8, 4) is 0 Å². The van der Waals surface area contributed by atoms with Crippen molar-refractivity contribution >= 4 is 43.0 Å². The largest absolute Gasteiger partial charge is 0.376 e. The molecule has 2 unspecified atom stereocenters. The number of ether oxygens (including phenoxy) is 1. The Balaban J connectivity index is 1.63. The van der Waals surface area contributed by atoms with Crippen LogP contribution in [0.4, 0.5) is 0 Å². The zero-order valence-corrected chi connectivity index (χ0v) is 18.1. The molecule has 0 radical (unpaired) electrons. The first kappa shape index (κ1) is 20.3. The second-order valence-electron chi connectivity index (χ2n) is 7.12. The third-order valence-electron chi connectivity index (χ3n) is 4.85.